The summed E-state index contributed by atoms with van der Waals surface area (Å²) in [6.07, 6.45) is 1.82. The van der Waals surface area contributed by atoms with E-state index in [1.54, 1.807) is 36.3 Å². The van der Waals surface area contributed by atoms with Gasteiger partial charge in [-0.2, -0.15) is 0 Å². The fraction of sp³-hybridized carbons (Fsp3) is 0.375. The Kier molecular flexibility index (Phi) is 3.64. The van der Waals surface area contributed by atoms with Gasteiger partial charge in [-0.15, -0.1) is 0 Å². The summed E-state index contributed by atoms with van der Waals surface area (Å²) in [5.41, 5.74) is 1.33. The first-order valence-corrected chi connectivity index (χ1v) is 7.17. The van der Waals surface area contributed by atoms with Gasteiger partial charge in [0.1, 0.15) is 11.6 Å². The fourth-order valence-corrected chi connectivity index (χ4v) is 2.79. The zero-order chi connectivity index (χ0) is 14.8. The van der Waals surface area contributed by atoms with Crippen LogP contribution >= 0.6 is 0 Å². The van der Waals surface area contributed by atoms with Gasteiger partial charge in [0.25, 0.3) is 0 Å². The number of carbonyl (C=O) groups excluding carboxylic acids is 2. The minimum Gasteiger partial charge on any atom is -0.497 e. The topological polar surface area (TPSA) is 58.6 Å². The summed E-state index contributed by atoms with van der Waals surface area (Å²) < 4.78 is 5.11. The average molecular weight is 286 g/mol. The van der Waals surface area contributed by atoms with Gasteiger partial charge >= 0.3 is 0 Å². The Labute approximate surface area is 123 Å². The van der Waals surface area contributed by atoms with Crippen molar-refractivity contribution in [2.45, 2.75) is 19.3 Å². The van der Waals surface area contributed by atoms with Crippen LogP contribution in [0.15, 0.2) is 35.7 Å². The van der Waals surface area contributed by atoms with E-state index in [2.05, 4.69) is 5.32 Å². The first kappa shape index (κ1) is 13.7. The highest BCUT2D eigenvalue weighted by Crippen LogP contribution is 2.27. The number of amides is 1. The van der Waals surface area contributed by atoms with Crippen molar-refractivity contribution in [1.82, 2.24) is 10.2 Å². The Morgan fingerprint density at radius 2 is 2.00 bits per heavy atom. The molecule has 0 radical (unpaired) electrons. The van der Waals surface area contributed by atoms with Crippen LogP contribution in [0, 0.1) is 0 Å². The molecule has 2 aliphatic heterocycles. The number of nitrogens with one attached hydrogen (secondary N) is 1. The lowest BCUT2D eigenvalue weighted by Crippen LogP contribution is -2.46. The van der Waals surface area contributed by atoms with Crippen molar-refractivity contribution in [3.8, 4) is 5.75 Å². The molecule has 5 nitrogen and oxygen atoms in total. The quantitative estimate of drug-likeness (QED) is 0.859. The number of methoxy groups -OCH3 is 1. The Morgan fingerprint density at radius 1 is 1.24 bits per heavy atom. The lowest BCUT2D eigenvalue weighted by Gasteiger charge is -2.35. The van der Waals surface area contributed by atoms with Gasteiger partial charge in [0.2, 0.25) is 5.91 Å². The average Bonchev–Trinajstić information content (AvgIpc) is 2.55. The van der Waals surface area contributed by atoms with Gasteiger partial charge in [0.05, 0.1) is 7.11 Å². The number of Topliss-reactive ketones (excluding diaryl/α,β-unsaturated/α-hetero) is 1. The van der Waals surface area contributed by atoms with Gasteiger partial charge < -0.3 is 10.1 Å². The maximum absolute atomic E-state index is 12.7. The van der Waals surface area contributed by atoms with Crippen LogP contribution in [0.1, 0.15) is 29.6 Å². The molecule has 0 aliphatic carbocycles. The standard InChI is InChI=1S/C16H18N2O3/c1-21-12-5-3-11(4-6-12)15(20)13-7-8-14(19)18-10-2-9-17-16(13)18/h3-6,17H,2,7-10H2,1H3. The molecule has 1 aromatic carbocycles. The van der Waals surface area contributed by atoms with Crippen LogP contribution in [0.2, 0.25) is 0 Å². The molecular weight excluding hydrogens is 268 g/mol. The molecule has 0 aromatic heterocycles. The van der Waals surface area contributed by atoms with E-state index < -0.39 is 0 Å². The summed E-state index contributed by atoms with van der Waals surface area (Å²) in [5, 5.41) is 3.21. The fourth-order valence-electron chi connectivity index (χ4n) is 2.79. The number of ether oxygens (including phenoxy) is 1. The largest absolute Gasteiger partial charge is 0.497 e. The van der Waals surface area contributed by atoms with Crippen LogP contribution in [0.4, 0.5) is 0 Å². The zero-order valence-corrected chi connectivity index (χ0v) is 12.0. The third-order valence-corrected chi connectivity index (χ3v) is 3.92. The Morgan fingerprint density at radius 3 is 2.71 bits per heavy atom. The second-order valence-electron chi connectivity index (χ2n) is 5.21. The molecule has 0 unspecified atom stereocenters. The molecule has 0 atom stereocenters. The Hall–Kier alpha value is -2.30. The van der Waals surface area contributed by atoms with Crippen LogP contribution in [0.25, 0.3) is 0 Å². The number of benzene rings is 1. The van der Waals surface area contributed by atoms with Crippen LogP contribution in [-0.4, -0.2) is 36.8 Å². The molecule has 1 aromatic rings. The van der Waals surface area contributed by atoms with E-state index in [-0.39, 0.29) is 11.7 Å². The van der Waals surface area contributed by atoms with Crippen molar-refractivity contribution in [3.05, 3.63) is 41.2 Å². The van der Waals surface area contributed by atoms with E-state index in [9.17, 15) is 9.59 Å². The van der Waals surface area contributed by atoms with Crippen LogP contribution in [0.3, 0.4) is 0 Å². The lowest BCUT2D eigenvalue weighted by atomic mass is 9.95. The highest BCUT2D eigenvalue weighted by atomic mass is 16.5. The summed E-state index contributed by atoms with van der Waals surface area (Å²) >= 11 is 0. The molecule has 1 fully saturated rings. The number of allylic oxidation sites excluding steroid dienone is 1. The van der Waals surface area contributed by atoms with Gasteiger partial charge in [-0.3, -0.25) is 14.5 Å². The predicted octanol–water partition coefficient (Wildman–Crippen LogP) is 1.71. The molecule has 0 spiro atoms. The van der Waals surface area contributed by atoms with Gasteiger partial charge in [0, 0.05) is 30.6 Å². The molecule has 2 aliphatic rings. The molecule has 1 amide bonds. The van der Waals surface area contributed by atoms with E-state index in [0.717, 1.165) is 18.7 Å². The number of fused-ring (bicyclic) bond motifs is 1. The first-order valence-electron chi connectivity index (χ1n) is 7.17. The monoisotopic (exact) mass is 286 g/mol. The molecule has 110 valence electrons. The summed E-state index contributed by atoms with van der Waals surface area (Å²) in [4.78, 5) is 26.3. The molecule has 2 heterocycles. The third-order valence-electron chi connectivity index (χ3n) is 3.92. The smallest absolute Gasteiger partial charge is 0.228 e. The summed E-state index contributed by atoms with van der Waals surface area (Å²) in [6.45, 7) is 1.50. The van der Waals surface area contributed by atoms with Crippen molar-refractivity contribution in [2.24, 2.45) is 0 Å². The van der Waals surface area contributed by atoms with E-state index in [4.69, 9.17) is 4.74 Å². The van der Waals surface area contributed by atoms with Gasteiger partial charge in [-0.25, -0.2) is 0 Å². The summed E-state index contributed by atoms with van der Waals surface area (Å²) in [7, 11) is 1.60. The van der Waals surface area contributed by atoms with Crippen LogP contribution in [-0.2, 0) is 4.79 Å². The SMILES string of the molecule is COc1ccc(C(=O)C2=C3NCCCN3C(=O)CC2)cc1. The minimum atomic E-state index is -0.0143. The zero-order valence-electron chi connectivity index (χ0n) is 12.0. The number of hydrogen-bond acceptors (Lipinski definition) is 4. The van der Waals surface area contributed by atoms with E-state index in [1.807, 2.05) is 0 Å². The molecule has 1 saturated heterocycles. The molecular formula is C16H18N2O3. The van der Waals surface area contributed by atoms with Crippen molar-refractivity contribution < 1.29 is 14.3 Å². The highest BCUT2D eigenvalue weighted by Gasteiger charge is 2.31. The molecule has 0 bridgehead atoms. The van der Waals surface area contributed by atoms with Crippen molar-refractivity contribution >= 4 is 11.7 Å². The van der Waals surface area contributed by atoms with E-state index in [1.165, 1.54) is 0 Å². The maximum Gasteiger partial charge on any atom is 0.228 e. The second-order valence-corrected chi connectivity index (χ2v) is 5.21. The van der Waals surface area contributed by atoms with Crippen molar-refractivity contribution in [1.29, 1.82) is 0 Å². The maximum atomic E-state index is 12.7. The third kappa shape index (κ3) is 2.51. The normalized spacial score (nSPS) is 18.1. The van der Waals surface area contributed by atoms with Gasteiger partial charge in [-0.1, -0.05) is 0 Å². The summed E-state index contributed by atoms with van der Waals surface area (Å²) in [5.74, 6) is 1.52. The summed E-state index contributed by atoms with van der Waals surface area (Å²) in [6, 6.07) is 7.08. The molecule has 21 heavy (non-hydrogen) atoms. The van der Waals surface area contributed by atoms with E-state index >= 15 is 0 Å². The van der Waals surface area contributed by atoms with Gasteiger partial charge in [0.15, 0.2) is 5.78 Å². The van der Waals surface area contributed by atoms with Crippen LogP contribution in [0.5, 0.6) is 5.75 Å². The number of hydrogen-bond donors (Lipinski definition) is 1. The lowest BCUT2D eigenvalue weighted by molar-refractivity contribution is -0.130. The Bertz CT molecular complexity index is 604. The minimum absolute atomic E-state index is 0.0143. The number of ketones is 1. The molecule has 3 rings (SSSR count). The molecule has 5 heteroatoms. The number of nitrogens with zero attached hydrogens (tertiary/aromatic N) is 1. The number of carbonyl (C=O) groups is 2. The van der Waals surface area contributed by atoms with Crippen molar-refractivity contribution in [3.63, 3.8) is 0 Å². The molecule has 1 N–H and O–H groups in total. The van der Waals surface area contributed by atoms with Gasteiger partial charge in [-0.05, 0) is 37.1 Å². The van der Waals surface area contributed by atoms with Crippen molar-refractivity contribution in [2.75, 3.05) is 20.2 Å². The first-order chi connectivity index (χ1) is 10.2. The van der Waals surface area contributed by atoms with E-state index in [0.29, 0.717) is 36.3 Å². The van der Waals surface area contributed by atoms with Crippen LogP contribution < -0.4 is 10.1 Å². The predicted molar refractivity (Wildman–Crippen MR) is 77.9 cm³/mol. The highest BCUT2D eigenvalue weighted by molar-refractivity contribution is 6.10. The number of rotatable bonds is 3. The Balaban J connectivity index is 1.93. The molecule has 0 saturated carbocycles. The second kappa shape index (κ2) is 5.60.